The zero-order chi connectivity index (χ0) is 6.85. The minimum atomic E-state index is -0.0191. The molecular formula is C6H12FN2+. The number of quaternary nitrogens is 1. The molecule has 0 aromatic rings. The molecule has 0 spiro atoms. The second-order valence-corrected chi connectivity index (χ2v) is 2.29. The molecule has 0 fully saturated rings. The molecule has 0 radical (unpaired) electrons. The van der Waals surface area contributed by atoms with Gasteiger partial charge in [0, 0.05) is 7.05 Å². The maximum Gasteiger partial charge on any atom is 0.174 e. The minimum absolute atomic E-state index is 0.0191. The second-order valence-electron chi connectivity index (χ2n) is 2.29. The molecule has 0 saturated heterocycles. The van der Waals surface area contributed by atoms with Gasteiger partial charge in [-0.3, -0.25) is 0 Å². The highest BCUT2D eigenvalue weighted by atomic mass is 19.1. The number of hydrogen-bond donors (Lipinski definition) is 1. The van der Waals surface area contributed by atoms with Crippen molar-refractivity contribution in [3.63, 3.8) is 0 Å². The number of hydrogen-bond acceptors (Lipinski definition) is 1. The smallest absolute Gasteiger partial charge is 0.174 e. The zero-order valence-electron chi connectivity index (χ0n) is 5.82. The molecule has 0 aliphatic carbocycles. The molecule has 1 atom stereocenters. The number of nitrogens with one attached hydrogen (secondary N) is 1. The second kappa shape index (κ2) is 2.45. The zero-order valence-corrected chi connectivity index (χ0v) is 5.82. The lowest BCUT2D eigenvalue weighted by molar-refractivity contribution is -0.958. The lowest BCUT2D eigenvalue weighted by atomic mass is 10.6. The van der Waals surface area contributed by atoms with Gasteiger partial charge in [0.1, 0.15) is 12.7 Å². The standard InChI is InChI=1S/C6H11FN2/c1-3-9-5-6(7)4-8(9)2/h5H,3-4H2,1-2H3/p+1. The molecule has 0 saturated carbocycles. The van der Waals surface area contributed by atoms with E-state index in [9.17, 15) is 4.39 Å². The summed E-state index contributed by atoms with van der Waals surface area (Å²) < 4.78 is 12.4. The fraction of sp³-hybridized carbons (Fsp3) is 0.667. The first-order valence-corrected chi connectivity index (χ1v) is 3.17. The Morgan fingerprint density at radius 1 is 1.89 bits per heavy atom. The average Bonchev–Trinajstić information content (AvgIpc) is 2.10. The van der Waals surface area contributed by atoms with Crippen LogP contribution in [0.25, 0.3) is 0 Å². The Labute approximate surface area is 54.5 Å². The highest BCUT2D eigenvalue weighted by molar-refractivity contribution is 4.89. The van der Waals surface area contributed by atoms with Gasteiger partial charge < -0.3 is 0 Å². The van der Waals surface area contributed by atoms with E-state index in [-0.39, 0.29) is 5.83 Å². The van der Waals surface area contributed by atoms with Crippen molar-refractivity contribution in [2.45, 2.75) is 6.92 Å². The van der Waals surface area contributed by atoms with Crippen molar-refractivity contribution in [3.05, 3.63) is 12.0 Å². The van der Waals surface area contributed by atoms with E-state index < -0.39 is 0 Å². The molecule has 0 aromatic carbocycles. The van der Waals surface area contributed by atoms with Crippen molar-refractivity contribution in [1.82, 2.24) is 5.01 Å². The van der Waals surface area contributed by atoms with Gasteiger partial charge in [-0.05, 0) is 6.92 Å². The van der Waals surface area contributed by atoms with Crippen LogP contribution in [0.4, 0.5) is 4.39 Å². The number of nitrogens with zero attached hydrogens (tertiary/aromatic N) is 1. The predicted octanol–water partition coefficient (Wildman–Crippen LogP) is -0.437. The molecule has 1 heterocycles. The lowest BCUT2D eigenvalue weighted by Crippen LogP contribution is -3.11. The van der Waals surface area contributed by atoms with Crippen molar-refractivity contribution in [2.75, 3.05) is 20.1 Å². The molecule has 0 bridgehead atoms. The third kappa shape index (κ3) is 1.28. The maximum absolute atomic E-state index is 12.4. The van der Waals surface area contributed by atoms with Gasteiger partial charge in [0.2, 0.25) is 0 Å². The van der Waals surface area contributed by atoms with E-state index in [1.54, 1.807) is 6.20 Å². The van der Waals surface area contributed by atoms with Gasteiger partial charge in [0.15, 0.2) is 5.83 Å². The molecule has 52 valence electrons. The molecule has 1 aliphatic rings. The van der Waals surface area contributed by atoms with Crippen molar-refractivity contribution < 1.29 is 9.40 Å². The Hall–Kier alpha value is -0.410. The molecule has 3 heteroatoms. The summed E-state index contributed by atoms with van der Waals surface area (Å²) in [5.41, 5.74) is 0. The van der Waals surface area contributed by atoms with Crippen molar-refractivity contribution in [2.24, 2.45) is 0 Å². The Morgan fingerprint density at radius 3 is 2.78 bits per heavy atom. The van der Waals surface area contributed by atoms with Crippen LogP contribution in [0, 0.1) is 0 Å². The van der Waals surface area contributed by atoms with Crippen molar-refractivity contribution in [1.29, 1.82) is 0 Å². The topological polar surface area (TPSA) is 7.68 Å². The summed E-state index contributed by atoms with van der Waals surface area (Å²) in [7, 11) is 1.90. The summed E-state index contributed by atoms with van der Waals surface area (Å²) in [6.07, 6.45) is 1.61. The van der Waals surface area contributed by atoms with Gasteiger partial charge >= 0.3 is 0 Å². The average molecular weight is 131 g/mol. The van der Waals surface area contributed by atoms with Crippen LogP contribution in [-0.4, -0.2) is 25.1 Å². The van der Waals surface area contributed by atoms with E-state index >= 15 is 0 Å². The van der Waals surface area contributed by atoms with Crippen molar-refractivity contribution >= 4 is 0 Å². The Morgan fingerprint density at radius 2 is 2.56 bits per heavy atom. The first-order valence-electron chi connectivity index (χ1n) is 3.17. The molecule has 0 aromatic heterocycles. The van der Waals surface area contributed by atoms with Crippen LogP contribution in [0.3, 0.4) is 0 Å². The van der Waals surface area contributed by atoms with E-state index in [2.05, 4.69) is 0 Å². The number of likely N-dealkylation sites (N-methyl/N-ethyl adjacent to an activating group) is 1. The Balaban J connectivity index is 2.53. The van der Waals surface area contributed by atoms with Crippen molar-refractivity contribution in [3.8, 4) is 0 Å². The summed E-state index contributed by atoms with van der Waals surface area (Å²) >= 11 is 0. The summed E-state index contributed by atoms with van der Waals surface area (Å²) in [6, 6.07) is 0. The van der Waals surface area contributed by atoms with E-state index in [0.29, 0.717) is 6.54 Å². The van der Waals surface area contributed by atoms with Gasteiger partial charge in [-0.1, -0.05) is 0 Å². The molecule has 1 N–H and O–H groups in total. The summed E-state index contributed by atoms with van der Waals surface area (Å²) in [4.78, 5) is 0. The van der Waals surface area contributed by atoms with Gasteiger partial charge in [-0.15, -0.1) is 5.01 Å². The summed E-state index contributed by atoms with van der Waals surface area (Å²) in [5, 5.41) is 3.02. The summed E-state index contributed by atoms with van der Waals surface area (Å²) in [5.74, 6) is -0.0191. The molecule has 2 nitrogen and oxygen atoms in total. The van der Waals surface area contributed by atoms with Gasteiger partial charge in [0.25, 0.3) is 0 Å². The minimum Gasteiger partial charge on any atom is -0.227 e. The van der Waals surface area contributed by atoms with Crippen LogP contribution in [0.2, 0.25) is 0 Å². The van der Waals surface area contributed by atoms with Crippen LogP contribution in [0.5, 0.6) is 0 Å². The highest BCUT2D eigenvalue weighted by Crippen LogP contribution is 1.97. The number of halogens is 1. The highest BCUT2D eigenvalue weighted by Gasteiger charge is 2.21. The van der Waals surface area contributed by atoms with Gasteiger partial charge in [-0.25, -0.2) is 9.40 Å². The predicted molar refractivity (Wildman–Crippen MR) is 33.3 cm³/mol. The molecular weight excluding hydrogens is 119 g/mol. The van der Waals surface area contributed by atoms with E-state index in [4.69, 9.17) is 0 Å². The van der Waals surface area contributed by atoms with E-state index in [1.165, 1.54) is 0 Å². The summed E-state index contributed by atoms with van der Waals surface area (Å²) in [6.45, 7) is 3.41. The molecule has 0 amide bonds. The molecule has 1 rings (SSSR count). The van der Waals surface area contributed by atoms with Crippen LogP contribution in [0.15, 0.2) is 12.0 Å². The van der Waals surface area contributed by atoms with E-state index in [1.807, 2.05) is 19.0 Å². The largest absolute Gasteiger partial charge is 0.227 e. The van der Waals surface area contributed by atoms with Crippen LogP contribution < -0.4 is 5.01 Å². The first-order chi connectivity index (χ1) is 4.24. The normalized spacial score (nSPS) is 28.8. The van der Waals surface area contributed by atoms with E-state index in [0.717, 1.165) is 11.6 Å². The monoisotopic (exact) mass is 131 g/mol. The molecule has 1 aliphatic heterocycles. The number of rotatable bonds is 1. The van der Waals surface area contributed by atoms with Gasteiger partial charge in [-0.2, -0.15) is 0 Å². The van der Waals surface area contributed by atoms with Crippen LogP contribution in [0.1, 0.15) is 6.92 Å². The fourth-order valence-corrected chi connectivity index (χ4v) is 1.04. The third-order valence-corrected chi connectivity index (χ3v) is 1.56. The molecule has 9 heavy (non-hydrogen) atoms. The van der Waals surface area contributed by atoms with Gasteiger partial charge in [0.05, 0.1) is 6.54 Å². The quantitative estimate of drug-likeness (QED) is 0.507. The van der Waals surface area contributed by atoms with Crippen LogP contribution in [-0.2, 0) is 0 Å². The fourth-order valence-electron chi connectivity index (χ4n) is 1.04. The Kier molecular flexibility index (Phi) is 1.83. The van der Waals surface area contributed by atoms with Crippen LogP contribution >= 0.6 is 0 Å². The SMILES string of the molecule is CC[NH+]1C=C(F)CN1C. The third-order valence-electron chi connectivity index (χ3n) is 1.56. The molecule has 1 unspecified atom stereocenters. The maximum atomic E-state index is 12.4. The Bertz CT molecular complexity index is 133. The first kappa shape index (κ1) is 6.71. The lowest BCUT2D eigenvalue weighted by Gasteiger charge is -2.15.